The lowest BCUT2D eigenvalue weighted by molar-refractivity contribution is -0.122. The number of hydrogen-bond acceptors (Lipinski definition) is 5. The van der Waals surface area contributed by atoms with Crippen LogP contribution < -0.4 is 19.7 Å². The Kier molecular flexibility index (Phi) is 7.78. The molecule has 1 aliphatic rings. The summed E-state index contributed by atoms with van der Waals surface area (Å²) in [7, 11) is 0. The third kappa shape index (κ3) is 5.07. The van der Waals surface area contributed by atoms with Crippen LogP contribution in [0, 0.1) is 10.5 Å². The number of ether oxygens (including phenoxy) is 2. The Labute approximate surface area is 204 Å². The molecule has 9 heteroatoms. The largest absolute Gasteiger partial charge is 0.490 e. The molecule has 0 saturated carbocycles. The molecule has 0 aliphatic carbocycles. The number of anilines is 1. The number of carbonyl (C=O) groups excluding carboxylic acids is 3. The number of benzene rings is 2. The molecule has 1 heterocycles. The van der Waals surface area contributed by atoms with Gasteiger partial charge in [0.2, 0.25) is 0 Å². The maximum absolute atomic E-state index is 13.2. The van der Waals surface area contributed by atoms with Crippen LogP contribution in [0.4, 0.5) is 10.5 Å². The van der Waals surface area contributed by atoms with E-state index >= 15 is 0 Å². The van der Waals surface area contributed by atoms with E-state index in [-0.39, 0.29) is 5.57 Å². The van der Waals surface area contributed by atoms with Crippen molar-refractivity contribution in [1.29, 1.82) is 0 Å². The molecule has 1 fully saturated rings. The summed E-state index contributed by atoms with van der Waals surface area (Å²) in [5, 5.41) is 2.59. The Bertz CT molecular complexity index is 1120. The lowest BCUT2D eigenvalue weighted by Gasteiger charge is -2.27. The van der Waals surface area contributed by atoms with Crippen molar-refractivity contribution < 1.29 is 23.9 Å². The normalized spacial score (nSPS) is 15.2. The number of halogens is 2. The number of hydrogen-bond donors (Lipinski definition) is 1. The highest BCUT2D eigenvalue weighted by atomic mass is 127. The molecule has 0 aromatic heterocycles. The van der Waals surface area contributed by atoms with Crippen LogP contribution in [0.1, 0.15) is 31.4 Å². The molecular weight excluding hydrogens is 547 g/mol. The Hall–Kier alpha value is -2.59. The van der Waals surface area contributed by atoms with Gasteiger partial charge in [0.25, 0.3) is 11.8 Å². The van der Waals surface area contributed by atoms with Crippen molar-refractivity contribution in [3.8, 4) is 11.5 Å². The molecule has 2 aromatic rings. The van der Waals surface area contributed by atoms with Crippen LogP contribution in [0.15, 0.2) is 35.9 Å². The van der Waals surface area contributed by atoms with E-state index in [0.717, 1.165) is 14.9 Å². The zero-order chi connectivity index (χ0) is 23.4. The molecule has 168 valence electrons. The number of barbiturate groups is 1. The summed E-state index contributed by atoms with van der Waals surface area (Å²) in [6, 6.07) is 7.54. The fourth-order valence-electron chi connectivity index (χ4n) is 3.14. The van der Waals surface area contributed by atoms with Crippen molar-refractivity contribution in [2.45, 2.75) is 27.2 Å². The van der Waals surface area contributed by atoms with E-state index < -0.39 is 17.8 Å². The van der Waals surface area contributed by atoms with Gasteiger partial charge in [0.1, 0.15) is 5.57 Å². The SMILES string of the molecule is CCCOc1c(I)cc(/C=C2\C(=O)NC(=O)N(c3cc(Cl)ccc3C)C2=O)cc1OCC. The van der Waals surface area contributed by atoms with Gasteiger partial charge in [-0.15, -0.1) is 0 Å². The first kappa shape index (κ1) is 24.1. The summed E-state index contributed by atoms with van der Waals surface area (Å²) >= 11 is 8.19. The Morgan fingerprint density at radius 1 is 1.12 bits per heavy atom. The van der Waals surface area contributed by atoms with Gasteiger partial charge >= 0.3 is 6.03 Å². The third-order valence-electron chi connectivity index (χ3n) is 4.61. The minimum absolute atomic E-state index is 0.176. The molecule has 2 aromatic carbocycles. The van der Waals surface area contributed by atoms with E-state index in [0.29, 0.717) is 46.5 Å². The maximum atomic E-state index is 13.2. The Balaban J connectivity index is 2.05. The van der Waals surface area contributed by atoms with Gasteiger partial charge in [-0.05, 0) is 84.3 Å². The minimum Gasteiger partial charge on any atom is -0.490 e. The fourth-order valence-corrected chi connectivity index (χ4v) is 4.09. The molecule has 1 saturated heterocycles. The van der Waals surface area contributed by atoms with Crippen molar-refractivity contribution in [2.24, 2.45) is 0 Å². The first-order valence-electron chi connectivity index (χ1n) is 10.0. The van der Waals surface area contributed by atoms with E-state index in [4.69, 9.17) is 21.1 Å². The topological polar surface area (TPSA) is 84.9 Å². The molecule has 0 radical (unpaired) electrons. The second-order valence-electron chi connectivity index (χ2n) is 7.00. The lowest BCUT2D eigenvalue weighted by atomic mass is 10.1. The van der Waals surface area contributed by atoms with Crippen LogP contribution in [0.3, 0.4) is 0 Å². The van der Waals surface area contributed by atoms with Gasteiger partial charge in [0.05, 0.1) is 22.5 Å². The van der Waals surface area contributed by atoms with Crippen molar-refractivity contribution in [2.75, 3.05) is 18.1 Å². The molecule has 0 bridgehead atoms. The number of nitrogens with zero attached hydrogens (tertiary/aromatic N) is 1. The van der Waals surface area contributed by atoms with Gasteiger partial charge in [-0.3, -0.25) is 14.9 Å². The van der Waals surface area contributed by atoms with Crippen molar-refractivity contribution in [3.05, 3.63) is 55.6 Å². The lowest BCUT2D eigenvalue weighted by Crippen LogP contribution is -2.54. The van der Waals surface area contributed by atoms with Gasteiger partial charge in [-0.2, -0.15) is 0 Å². The average Bonchev–Trinajstić information content (AvgIpc) is 2.73. The van der Waals surface area contributed by atoms with Gasteiger partial charge in [-0.1, -0.05) is 24.6 Å². The van der Waals surface area contributed by atoms with Gasteiger partial charge in [0, 0.05) is 5.02 Å². The smallest absolute Gasteiger partial charge is 0.335 e. The number of nitrogens with one attached hydrogen (secondary N) is 1. The molecule has 7 nitrogen and oxygen atoms in total. The van der Waals surface area contributed by atoms with Crippen LogP contribution in [-0.2, 0) is 9.59 Å². The summed E-state index contributed by atoms with van der Waals surface area (Å²) in [6.45, 7) is 6.57. The van der Waals surface area contributed by atoms with E-state index in [9.17, 15) is 14.4 Å². The van der Waals surface area contributed by atoms with E-state index in [2.05, 4.69) is 27.9 Å². The first-order chi connectivity index (χ1) is 15.3. The second kappa shape index (κ2) is 10.4. The number of imide groups is 2. The minimum atomic E-state index is -0.824. The molecule has 32 heavy (non-hydrogen) atoms. The highest BCUT2D eigenvalue weighted by molar-refractivity contribution is 14.1. The van der Waals surface area contributed by atoms with E-state index in [1.54, 1.807) is 31.2 Å². The molecule has 3 rings (SSSR count). The zero-order valence-electron chi connectivity index (χ0n) is 17.8. The summed E-state index contributed by atoms with van der Waals surface area (Å²) in [4.78, 5) is 39.1. The van der Waals surface area contributed by atoms with E-state index in [1.807, 2.05) is 13.8 Å². The number of carbonyl (C=O) groups is 3. The van der Waals surface area contributed by atoms with Crippen molar-refractivity contribution >= 4 is 63.8 Å². The quantitative estimate of drug-likeness (QED) is 0.285. The highest BCUT2D eigenvalue weighted by Gasteiger charge is 2.37. The van der Waals surface area contributed by atoms with Gasteiger partial charge in [0.15, 0.2) is 11.5 Å². The predicted molar refractivity (Wildman–Crippen MR) is 131 cm³/mol. The third-order valence-corrected chi connectivity index (χ3v) is 5.64. The van der Waals surface area contributed by atoms with E-state index in [1.165, 1.54) is 12.1 Å². The van der Waals surface area contributed by atoms with Crippen molar-refractivity contribution in [1.82, 2.24) is 5.32 Å². The number of urea groups is 1. The van der Waals surface area contributed by atoms with Crippen LogP contribution in [0.5, 0.6) is 11.5 Å². The zero-order valence-corrected chi connectivity index (χ0v) is 20.7. The van der Waals surface area contributed by atoms with Gasteiger partial charge in [-0.25, -0.2) is 9.69 Å². The average molecular weight is 569 g/mol. The monoisotopic (exact) mass is 568 g/mol. The van der Waals surface area contributed by atoms with Gasteiger partial charge < -0.3 is 9.47 Å². The standard InChI is InChI=1S/C23H22ClIN2O5/c1-4-8-32-20-17(25)10-14(11-19(20)31-5-2)9-16-21(28)26-23(30)27(22(16)29)18-12-15(24)7-6-13(18)3/h6-7,9-12H,4-5,8H2,1-3H3,(H,26,28,30)/b16-9+. The summed E-state index contributed by atoms with van der Waals surface area (Å²) < 4.78 is 12.3. The van der Waals surface area contributed by atoms with Crippen LogP contribution in [0.2, 0.25) is 5.02 Å². The maximum Gasteiger partial charge on any atom is 0.335 e. The fraction of sp³-hybridized carbons (Fsp3) is 0.261. The number of aryl methyl sites for hydroxylation is 1. The molecular formula is C23H22ClIN2O5. The molecule has 4 amide bonds. The second-order valence-corrected chi connectivity index (χ2v) is 8.60. The van der Waals surface area contributed by atoms with Crippen LogP contribution in [0.25, 0.3) is 6.08 Å². The van der Waals surface area contributed by atoms with Crippen molar-refractivity contribution in [3.63, 3.8) is 0 Å². The Morgan fingerprint density at radius 2 is 1.88 bits per heavy atom. The summed E-state index contributed by atoms with van der Waals surface area (Å²) in [5.74, 6) is -0.372. The first-order valence-corrected chi connectivity index (χ1v) is 11.5. The number of amides is 4. The molecule has 1 N–H and O–H groups in total. The number of rotatable bonds is 7. The highest BCUT2D eigenvalue weighted by Crippen LogP contribution is 2.35. The molecule has 1 aliphatic heterocycles. The predicted octanol–water partition coefficient (Wildman–Crippen LogP) is 5.11. The summed E-state index contributed by atoms with van der Waals surface area (Å²) in [5.41, 5.74) is 1.37. The summed E-state index contributed by atoms with van der Waals surface area (Å²) in [6.07, 6.45) is 2.28. The molecule has 0 unspecified atom stereocenters. The molecule has 0 spiro atoms. The Morgan fingerprint density at radius 3 is 2.56 bits per heavy atom. The molecule has 0 atom stereocenters. The van der Waals surface area contributed by atoms with Crippen LogP contribution >= 0.6 is 34.2 Å². The van der Waals surface area contributed by atoms with Crippen LogP contribution in [-0.4, -0.2) is 31.1 Å².